The van der Waals surface area contributed by atoms with E-state index in [4.69, 9.17) is 9.47 Å². The third-order valence-electron chi connectivity index (χ3n) is 6.46. The lowest BCUT2D eigenvalue weighted by Gasteiger charge is -2.38. The number of benzene rings is 1. The third-order valence-corrected chi connectivity index (χ3v) is 6.46. The van der Waals surface area contributed by atoms with Crippen molar-refractivity contribution in [3.8, 4) is 0 Å². The van der Waals surface area contributed by atoms with Crippen molar-refractivity contribution in [3.05, 3.63) is 66.0 Å². The molecule has 198 valence electrons. The van der Waals surface area contributed by atoms with Gasteiger partial charge in [0.1, 0.15) is 17.5 Å². The molecule has 2 aromatic rings. The van der Waals surface area contributed by atoms with Gasteiger partial charge in [-0.2, -0.15) is 4.57 Å². The Morgan fingerprint density at radius 3 is 2.49 bits per heavy atom. The SMILES string of the molecule is COC(=O)C(c1ccccc1)C1CCCCN1C(=O)OC[n+]1cccc(C(=O)NC(C(=O)O)C(C)C)c1. The number of hydrogen-bond donors (Lipinski definition) is 2. The van der Waals surface area contributed by atoms with Crippen molar-refractivity contribution >= 4 is 23.9 Å². The first kappa shape index (κ1) is 27.6. The molecule has 2 heterocycles. The molecule has 1 aliphatic rings. The molecule has 37 heavy (non-hydrogen) atoms. The summed E-state index contributed by atoms with van der Waals surface area (Å²) in [5.41, 5.74) is 1.00. The number of carbonyl (C=O) groups is 4. The molecule has 0 bridgehead atoms. The number of nitrogens with one attached hydrogen (secondary N) is 1. The topological polar surface area (TPSA) is 126 Å². The van der Waals surface area contributed by atoms with E-state index in [1.165, 1.54) is 17.9 Å². The zero-order chi connectivity index (χ0) is 26.9. The Morgan fingerprint density at radius 1 is 1.11 bits per heavy atom. The number of carboxylic acid groups (broad SMARTS) is 1. The molecule has 2 N–H and O–H groups in total. The second-order valence-corrected chi connectivity index (χ2v) is 9.35. The molecule has 1 aromatic heterocycles. The third kappa shape index (κ3) is 7.05. The van der Waals surface area contributed by atoms with Gasteiger partial charge in [0, 0.05) is 12.6 Å². The van der Waals surface area contributed by atoms with Crippen LogP contribution in [-0.4, -0.2) is 59.7 Å². The van der Waals surface area contributed by atoms with Crippen LogP contribution in [0.25, 0.3) is 0 Å². The molecule has 2 amide bonds. The lowest BCUT2D eigenvalue weighted by molar-refractivity contribution is -0.727. The molecule has 3 rings (SSSR count). The van der Waals surface area contributed by atoms with E-state index < -0.39 is 41.9 Å². The molecule has 1 aromatic carbocycles. The number of methoxy groups -OCH3 is 1. The van der Waals surface area contributed by atoms with Gasteiger partial charge in [0.2, 0.25) is 0 Å². The molecule has 3 unspecified atom stereocenters. The molecule has 1 aliphatic heterocycles. The number of carbonyl (C=O) groups excluding carboxylic acids is 3. The van der Waals surface area contributed by atoms with E-state index in [0.717, 1.165) is 18.4 Å². The van der Waals surface area contributed by atoms with Gasteiger partial charge in [-0.05, 0) is 36.8 Å². The van der Waals surface area contributed by atoms with Crippen molar-refractivity contribution in [2.45, 2.75) is 57.8 Å². The summed E-state index contributed by atoms with van der Waals surface area (Å²) in [6, 6.07) is 11.0. The fourth-order valence-electron chi connectivity index (χ4n) is 4.52. The number of ether oxygens (including phenoxy) is 2. The minimum Gasteiger partial charge on any atom is -0.480 e. The standard InChI is InChI=1S/C27H33N3O7/c1-18(2)23(25(32)33)28-24(31)20-12-9-14-29(16-20)17-37-27(35)30-15-8-7-13-21(30)22(26(34)36-3)19-10-5-4-6-11-19/h4-6,9-12,14,16,18,21-23H,7-8,13,15,17H2,1-3H3,(H-,28,31,32,33)/p+1. The summed E-state index contributed by atoms with van der Waals surface area (Å²) in [7, 11) is 1.34. The molecule has 1 fully saturated rings. The molecule has 1 saturated heterocycles. The van der Waals surface area contributed by atoms with Crippen molar-refractivity contribution < 1.29 is 38.3 Å². The molecular weight excluding hydrogens is 478 g/mol. The van der Waals surface area contributed by atoms with E-state index in [2.05, 4.69) is 5.32 Å². The Bertz CT molecular complexity index is 1110. The normalized spacial score (nSPS) is 17.0. The molecule has 3 atom stereocenters. The number of hydrogen-bond acceptors (Lipinski definition) is 6. The van der Waals surface area contributed by atoms with Crippen molar-refractivity contribution in [2.75, 3.05) is 13.7 Å². The van der Waals surface area contributed by atoms with Crippen LogP contribution in [0.5, 0.6) is 0 Å². The Morgan fingerprint density at radius 2 is 1.84 bits per heavy atom. The van der Waals surface area contributed by atoms with Crippen molar-refractivity contribution in [1.82, 2.24) is 10.2 Å². The number of piperidine rings is 1. The van der Waals surface area contributed by atoms with Crippen molar-refractivity contribution in [1.29, 1.82) is 0 Å². The number of rotatable bonds is 9. The summed E-state index contributed by atoms with van der Waals surface area (Å²) in [4.78, 5) is 51.5. The predicted octanol–water partition coefficient (Wildman–Crippen LogP) is 2.72. The van der Waals surface area contributed by atoms with Gasteiger partial charge < -0.3 is 24.8 Å². The minimum atomic E-state index is -1.11. The average Bonchev–Trinajstić information content (AvgIpc) is 2.91. The smallest absolute Gasteiger partial charge is 0.414 e. The number of aliphatic carboxylic acids is 1. The highest BCUT2D eigenvalue weighted by molar-refractivity contribution is 5.96. The minimum absolute atomic E-state index is 0.163. The summed E-state index contributed by atoms with van der Waals surface area (Å²) >= 11 is 0. The molecule has 10 heteroatoms. The quantitative estimate of drug-likeness (QED) is 0.391. The van der Waals surface area contributed by atoms with Gasteiger partial charge in [-0.3, -0.25) is 9.59 Å². The van der Waals surface area contributed by atoms with Gasteiger partial charge in [0.25, 0.3) is 12.6 Å². The number of likely N-dealkylation sites (tertiary alicyclic amines) is 1. The molecule has 0 spiro atoms. The second-order valence-electron chi connectivity index (χ2n) is 9.35. The van der Waals surface area contributed by atoms with Gasteiger partial charge in [-0.15, -0.1) is 0 Å². The summed E-state index contributed by atoms with van der Waals surface area (Å²) in [6.45, 7) is 3.70. The van der Waals surface area contributed by atoms with E-state index in [9.17, 15) is 24.3 Å². The zero-order valence-corrected chi connectivity index (χ0v) is 21.3. The first-order valence-corrected chi connectivity index (χ1v) is 12.3. The van der Waals surface area contributed by atoms with Crippen LogP contribution in [0, 0.1) is 5.92 Å². The first-order chi connectivity index (χ1) is 17.7. The maximum atomic E-state index is 13.1. The van der Waals surface area contributed by atoms with E-state index in [1.807, 2.05) is 30.3 Å². The summed E-state index contributed by atoms with van der Waals surface area (Å²) in [6.07, 6.45) is 4.84. The van der Waals surface area contributed by atoms with Crippen LogP contribution >= 0.6 is 0 Å². The first-order valence-electron chi connectivity index (χ1n) is 12.3. The predicted molar refractivity (Wildman–Crippen MR) is 132 cm³/mol. The molecule has 0 saturated carbocycles. The lowest BCUT2D eigenvalue weighted by Crippen LogP contribution is -2.50. The maximum Gasteiger partial charge on any atom is 0.414 e. The van der Waals surface area contributed by atoms with Crippen LogP contribution in [0.4, 0.5) is 4.79 Å². The molecular formula is C27H34N3O7+. The highest BCUT2D eigenvalue weighted by Gasteiger charge is 2.39. The number of amides is 2. The number of carboxylic acids is 1. The molecule has 10 nitrogen and oxygen atoms in total. The Labute approximate surface area is 216 Å². The van der Waals surface area contributed by atoms with Crippen LogP contribution in [0.3, 0.4) is 0 Å². The Kier molecular flexibility index (Phi) is 9.59. The highest BCUT2D eigenvalue weighted by atomic mass is 16.6. The van der Waals surface area contributed by atoms with Crippen LogP contribution in [0.15, 0.2) is 54.9 Å². The van der Waals surface area contributed by atoms with Gasteiger partial charge in [-0.1, -0.05) is 44.2 Å². The number of aromatic nitrogens is 1. The Balaban J connectivity index is 1.71. The van der Waals surface area contributed by atoms with E-state index in [1.54, 1.807) is 37.1 Å². The van der Waals surface area contributed by atoms with Gasteiger partial charge in [0.15, 0.2) is 12.4 Å². The number of esters is 1. The monoisotopic (exact) mass is 512 g/mol. The van der Waals surface area contributed by atoms with E-state index in [-0.39, 0.29) is 18.2 Å². The number of nitrogens with zero attached hydrogens (tertiary/aromatic N) is 2. The van der Waals surface area contributed by atoms with Crippen LogP contribution < -0.4 is 9.88 Å². The van der Waals surface area contributed by atoms with Crippen molar-refractivity contribution in [3.63, 3.8) is 0 Å². The van der Waals surface area contributed by atoms with Crippen LogP contribution in [0.2, 0.25) is 0 Å². The van der Waals surface area contributed by atoms with Gasteiger partial charge in [-0.25, -0.2) is 9.59 Å². The largest absolute Gasteiger partial charge is 0.480 e. The van der Waals surface area contributed by atoms with Crippen molar-refractivity contribution in [2.24, 2.45) is 5.92 Å². The maximum absolute atomic E-state index is 13.1. The van der Waals surface area contributed by atoms with E-state index >= 15 is 0 Å². The average molecular weight is 513 g/mol. The molecule has 0 radical (unpaired) electrons. The summed E-state index contributed by atoms with van der Waals surface area (Å²) in [5.74, 6) is -2.99. The molecule has 0 aliphatic carbocycles. The Hall–Kier alpha value is -3.95. The zero-order valence-electron chi connectivity index (χ0n) is 21.3. The van der Waals surface area contributed by atoms with E-state index in [0.29, 0.717) is 13.0 Å². The van der Waals surface area contributed by atoms with Crippen LogP contribution in [-0.2, 0) is 25.8 Å². The second kappa shape index (κ2) is 12.8. The fourth-order valence-corrected chi connectivity index (χ4v) is 4.52. The summed E-state index contributed by atoms with van der Waals surface area (Å²) < 4.78 is 12.2. The lowest BCUT2D eigenvalue weighted by atomic mass is 9.85. The van der Waals surface area contributed by atoms with Gasteiger partial charge >= 0.3 is 18.0 Å². The highest BCUT2D eigenvalue weighted by Crippen LogP contribution is 2.32. The number of pyridine rings is 1. The fraction of sp³-hybridized carbons (Fsp3) is 0.444. The summed E-state index contributed by atoms with van der Waals surface area (Å²) in [5, 5.41) is 11.8. The van der Waals surface area contributed by atoms with Gasteiger partial charge in [0.05, 0.1) is 13.2 Å². The van der Waals surface area contributed by atoms with Crippen LogP contribution in [0.1, 0.15) is 54.9 Å².